The molecule has 1 N–H and O–H groups in total. The van der Waals surface area contributed by atoms with Crippen LogP contribution in [-0.4, -0.2) is 30.6 Å². The molecule has 0 aliphatic heterocycles. The van der Waals surface area contributed by atoms with E-state index in [1.165, 1.54) is 0 Å². The average Bonchev–Trinajstić information content (AvgIpc) is 2.88. The fraction of sp³-hybridized carbons (Fsp3) is 0.333. The van der Waals surface area contributed by atoms with Gasteiger partial charge in [-0.1, -0.05) is 30.3 Å². The second-order valence-electron chi connectivity index (χ2n) is 4.61. The number of rotatable bonds is 6. The Labute approximate surface area is 122 Å². The summed E-state index contributed by atoms with van der Waals surface area (Å²) >= 11 is 1.56. The van der Waals surface area contributed by atoms with Gasteiger partial charge >= 0.3 is 0 Å². The van der Waals surface area contributed by atoms with Crippen LogP contribution in [0.25, 0.3) is 10.6 Å². The van der Waals surface area contributed by atoms with Gasteiger partial charge in [-0.25, -0.2) is 4.98 Å². The van der Waals surface area contributed by atoms with Crippen molar-refractivity contribution in [2.75, 3.05) is 13.7 Å². The number of ether oxygens (including phenoxy) is 1. The Morgan fingerprint density at radius 2 is 2.15 bits per heavy atom. The minimum absolute atomic E-state index is 0.0136. The molecule has 1 unspecified atom stereocenters. The molecule has 20 heavy (non-hydrogen) atoms. The number of carbonyl (C=O) groups excluding carboxylic acids is 1. The zero-order valence-corrected chi connectivity index (χ0v) is 12.4. The quantitative estimate of drug-likeness (QED) is 0.889. The molecule has 0 bridgehead atoms. The van der Waals surface area contributed by atoms with Gasteiger partial charge in [-0.2, -0.15) is 0 Å². The third kappa shape index (κ3) is 4.15. The van der Waals surface area contributed by atoms with Crippen LogP contribution in [0.1, 0.15) is 12.6 Å². The largest absolute Gasteiger partial charge is 0.383 e. The Morgan fingerprint density at radius 1 is 1.40 bits per heavy atom. The van der Waals surface area contributed by atoms with Crippen molar-refractivity contribution >= 4 is 17.2 Å². The van der Waals surface area contributed by atoms with Gasteiger partial charge in [-0.05, 0) is 6.92 Å². The predicted molar refractivity (Wildman–Crippen MR) is 80.7 cm³/mol. The molecule has 1 heterocycles. The molecular formula is C15H18N2O2S. The number of thiazole rings is 1. The van der Waals surface area contributed by atoms with Crippen molar-refractivity contribution in [3.8, 4) is 10.6 Å². The standard InChI is InChI=1S/C15H18N2O2S/c1-11(9-19-2)16-14(18)8-13-10-20-15(17-13)12-6-4-3-5-7-12/h3-7,10-11H,8-9H2,1-2H3,(H,16,18). The van der Waals surface area contributed by atoms with Crippen LogP contribution in [0, 0.1) is 0 Å². The molecule has 0 radical (unpaired) electrons. The number of hydrogen-bond acceptors (Lipinski definition) is 4. The molecule has 106 valence electrons. The van der Waals surface area contributed by atoms with Crippen LogP contribution >= 0.6 is 11.3 Å². The Bertz CT molecular complexity index is 554. The maximum Gasteiger partial charge on any atom is 0.226 e. The summed E-state index contributed by atoms with van der Waals surface area (Å²) in [4.78, 5) is 16.3. The van der Waals surface area contributed by atoms with Crippen LogP contribution in [0.4, 0.5) is 0 Å². The van der Waals surface area contributed by atoms with E-state index in [1.54, 1.807) is 18.4 Å². The van der Waals surface area contributed by atoms with E-state index in [-0.39, 0.29) is 11.9 Å². The fourth-order valence-electron chi connectivity index (χ4n) is 1.88. The van der Waals surface area contributed by atoms with E-state index in [0.717, 1.165) is 16.3 Å². The van der Waals surface area contributed by atoms with Crippen LogP contribution in [0.3, 0.4) is 0 Å². The molecule has 5 heteroatoms. The van der Waals surface area contributed by atoms with Crippen molar-refractivity contribution in [3.63, 3.8) is 0 Å². The maximum absolute atomic E-state index is 11.8. The molecule has 0 fully saturated rings. The highest BCUT2D eigenvalue weighted by Gasteiger charge is 2.11. The first kappa shape index (κ1) is 14.7. The van der Waals surface area contributed by atoms with Gasteiger partial charge in [0.2, 0.25) is 5.91 Å². The van der Waals surface area contributed by atoms with Gasteiger partial charge in [-0.15, -0.1) is 11.3 Å². The molecule has 0 spiro atoms. The zero-order valence-electron chi connectivity index (χ0n) is 11.6. The third-order valence-corrected chi connectivity index (χ3v) is 3.68. The summed E-state index contributed by atoms with van der Waals surface area (Å²) in [5.74, 6) is -0.0283. The van der Waals surface area contributed by atoms with Gasteiger partial charge < -0.3 is 10.1 Å². The minimum Gasteiger partial charge on any atom is -0.383 e. The highest BCUT2D eigenvalue weighted by atomic mass is 32.1. The maximum atomic E-state index is 11.8. The molecule has 0 aliphatic rings. The number of amides is 1. The molecule has 0 saturated heterocycles. The topological polar surface area (TPSA) is 51.2 Å². The minimum atomic E-state index is -0.0283. The van der Waals surface area contributed by atoms with Crippen LogP contribution in [0.15, 0.2) is 35.7 Å². The van der Waals surface area contributed by atoms with E-state index in [2.05, 4.69) is 10.3 Å². The van der Waals surface area contributed by atoms with Gasteiger partial charge in [0, 0.05) is 24.1 Å². The average molecular weight is 290 g/mol. The number of hydrogen-bond donors (Lipinski definition) is 1. The van der Waals surface area contributed by atoms with Gasteiger partial charge in [-0.3, -0.25) is 4.79 Å². The lowest BCUT2D eigenvalue weighted by molar-refractivity contribution is -0.121. The highest BCUT2D eigenvalue weighted by molar-refractivity contribution is 7.13. The van der Waals surface area contributed by atoms with Crippen molar-refractivity contribution in [1.29, 1.82) is 0 Å². The number of nitrogens with zero attached hydrogens (tertiary/aromatic N) is 1. The van der Waals surface area contributed by atoms with Crippen LogP contribution in [0.5, 0.6) is 0 Å². The number of aromatic nitrogens is 1. The molecule has 2 aromatic rings. The number of benzene rings is 1. The van der Waals surface area contributed by atoms with E-state index in [4.69, 9.17) is 4.74 Å². The van der Waals surface area contributed by atoms with Crippen molar-refractivity contribution in [3.05, 3.63) is 41.4 Å². The van der Waals surface area contributed by atoms with Crippen LogP contribution in [-0.2, 0) is 16.0 Å². The van der Waals surface area contributed by atoms with Crippen molar-refractivity contribution in [2.45, 2.75) is 19.4 Å². The lowest BCUT2D eigenvalue weighted by atomic mass is 10.2. The Balaban J connectivity index is 1.95. The number of methoxy groups -OCH3 is 1. The molecule has 4 nitrogen and oxygen atoms in total. The van der Waals surface area contributed by atoms with Crippen molar-refractivity contribution < 1.29 is 9.53 Å². The zero-order chi connectivity index (χ0) is 14.4. The van der Waals surface area contributed by atoms with E-state index in [0.29, 0.717) is 13.0 Å². The molecular weight excluding hydrogens is 272 g/mol. The van der Waals surface area contributed by atoms with E-state index < -0.39 is 0 Å². The van der Waals surface area contributed by atoms with E-state index in [1.807, 2.05) is 42.6 Å². The first-order valence-corrected chi connectivity index (χ1v) is 7.35. The highest BCUT2D eigenvalue weighted by Crippen LogP contribution is 2.23. The molecule has 1 amide bonds. The lowest BCUT2D eigenvalue weighted by Gasteiger charge is -2.11. The van der Waals surface area contributed by atoms with Crippen LogP contribution in [0.2, 0.25) is 0 Å². The second-order valence-corrected chi connectivity index (χ2v) is 5.47. The van der Waals surface area contributed by atoms with Crippen molar-refractivity contribution in [1.82, 2.24) is 10.3 Å². The van der Waals surface area contributed by atoms with E-state index in [9.17, 15) is 4.79 Å². The smallest absolute Gasteiger partial charge is 0.226 e. The summed E-state index contributed by atoms with van der Waals surface area (Å²) < 4.78 is 4.99. The van der Waals surface area contributed by atoms with Gasteiger partial charge in [0.15, 0.2) is 0 Å². The fourth-order valence-corrected chi connectivity index (χ4v) is 2.71. The van der Waals surface area contributed by atoms with Gasteiger partial charge in [0.05, 0.1) is 18.7 Å². The summed E-state index contributed by atoms with van der Waals surface area (Å²) in [7, 11) is 1.62. The molecule has 1 aromatic heterocycles. The summed E-state index contributed by atoms with van der Waals surface area (Å²) in [6.07, 6.45) is 0.303. The second kappa shape index (κ2) is 7.17. The summed E-state index contributed by atoms with van der Waals surface area (Å²) in [5.41, 5.74) is 1.88. The Hall–Kier alpha value is -1.72. The van der Waals surface area contributed by atoms with Gasteiger partial charge in [0.1, 0.15) is 5.01 Å². The number of carbonyl (C=O) groups is 1. The predicted octanol–water partition coefficient (Wildman–Crippen LogP) is 2.50. The summed E-state index contributed by atoms with van der Waals surface area (Å²) in [6.45, 7) is 2.43. The normalized spacial score (nSPS) is 12.1. The Morgan fingerprint density at radius 3 is 2.85 bits per heavy atom. The summed E-state index contributed by atoms with van der Waals surface area (Å²) in [5, 5.41) is 5.76. The molecule has 0 aliphatic carbocycles. The van der Waals surface area contributed by atoms with Gasteiger partial charge in [0.25, 0.3) is 0 Å². The SMILES string of the molecule is COCC(C)NC(=O)Cc1csc(-c2ccccc2)n1. The summed E-state index contributed by atoms with van der Waals surface area (Å²) in [6, 6.07) is 9.99. The van der Waals surface area contributed by atoms with Crippen molar-refractivity contribution in [2.24, 2.45) is 0 Å². The lowest BCUT2D eigenvalue weighted by Crippen LogP contribution is -2.36. The molecule has 1 atom stereocenters. The molecule has 0 saturated carbocycles. The molecule has 2 rings (SSSR count). The molecule has 1 aromatic carbocycles. The third-order valence-electron chi connectivity index (χ3n) is 2.74. The number of nitrogens with one attached hydrogen (secondary N) is 1. The first-order valence-electron chi connectivity index (χ1n) is 6.47. The Kier molecular flexibility index (Phi) is 5.26. The first-order chi connectivity index (χ1) is 9.69. The van der Waals surface area contributed by atoms with Crippen LogP contribution < -0.4 is 5.32 Å². The monoisotopic (exact) mass is 290 g/mol. The van der Waals surface area contributed by atoms with E-state index >= 15 is 0 Å².